The van der Waals surface area contributed by atoms with Crippen LogP contribution in [-0.4, -0.2) is 16.8 Å². The summed E-state index contributed by atoms with van der Waals surface area (Å²) in [5, 5.41) is 18.0. The summed E-state index contributed by atoms with van der Waals surface area (Å²) >= 11 is 0. The lowest BCUT2D eigenvalue weighted by Gasteiger charge is -2.10. The molecule has 1 aromatic carbocycles. The van der Waals surface area contributed by atoms with E-state index in [2.05, 4.69) is 0 Å². The van der Waals surface area contributed by atoms with Gasteiger partial charge in [-0.05, 0) is 18.9 Å². The summed E-state index contributed by atoms with van der Waals surface area (Å²) in [5.41, 5.74) is 0.302. The molecule has 13 heavy (non-hydrogen) atoms. The molecule has 0 radical (unpaired) electrons. The van der Waals surface area contributed by atoms with Crippen molar-refractivity contribution in [1.29, 1.82) is 0 Å². The molecule has 1 atom stereocenters. The van der Waals surface area contributed by atoms with Crippen molar-refractivity contribution in [2.24, 2.45) is 0 Å². The molecule has 0 aliphatic heterocycles. The van der Waals surface area contributed by atoms with Crippen LogP contribution < -0.4 is 0 Å². The summed E-state index contributed by atoms with van der Waals surface area (Å²) in [7, 11) is 0. The van der Waals surface area contributed by atoms with Crippen molar-refractivity contribution in [3.05, 3.63) is 35.6 Å². The van der Waals surface area contributed by atoms with E-state index in [-0.39, 0.29) is 6.61 Å². The molecule has 0 heterocycles. The Kier molecular flexibility index (Phi) is 3.86. The number of hydrogen-bond donors (Lipinski definition) is 2. The maximum Gasteiger partial charge on any atom is 0.128 e. The molecule has 0 saturated heterocycles. The molecule has 0 fully saturated rings. The summed E-state index contributed by atoms with van der Waals surface area (Å²) in [6.07, 6.45) is 0.0563. The van der Waals surface area contributed by atoms with Crippen molar-refractivity contribution in [3.63, 3.8) is 0 Å². The standard InChI is InChI=1S/C10H13FO2/c11-9-5-2-1-4-8(9)10(13)6-3-7-12/h1-2,4-5,10,12-13H,3,6-7H2. The van der Waals surface area contributed by atoms with Gasteiger partial charge in [-0.2, -0.15) is 0 Å². The van der Waals surface area contributed by atoms with Crippen molar-refractivity contribution in [3.8, 4) is 0 Å². The third-order valence-electron chi connectivity index (χ3n) is 1.90. The van der Waals surface area contributed by atoms with Gasteiger partial charge < -0.3 is 10.2 Å². The zero-order valence-corrected chi connectivity index (χ0v) is 7.28. The highest BCUT2D eigenvalue weighted by Gasteiger charge is 2.10. The van der Waals surface area contributed by atoms with E-state index in [4.69, 9.17) is 5.11 Å². The molecular weight excluding hydrogens is 171 g/mol. The lowest BCUT2D eigenvalue weighted by atomic mass is 10.0. The van der Waals surface area contributed by atoms with Crippen LogP contribution in [-0.2, 0) is 0 Å². The van der Waals surface area contributed by atoms with Crippen LogP contribution in [0.4, 0.5) is 4.39 Å². The molecule has 1 unspecified atom stereocenters. The van der Waals surface area contributed by atoms with Gasteiger partial charge in [0.1, 0.15) is 5.82 Å². The van der Waals surface area contributed by atoms with Crippen LogP contribution >= 0.6 is 0 Å². The second-order valence-electron chi connectivity index (χ2n) is 2.90. The number of halogens is 1. The van der Waals surface area contributed by atoms with Gasteiger partial charge in [-0.25, -0.2) is 4.39 Å². The first-order chi connectivity index (χ1) is 6.25. The average molecular weight is 184 g/mol. The molecule has 3 heteroatoms. The Labute approximate surface area is 76.6 Å². The molecule has 0 aliphatic rings. The Balaban J connectivity index is 2.65. The van der Waals surface area contributed by atoms with Gasteiger partial charge in [0.2, 0.25) is 0 Å². The smallest absolute Gasteiger partial charge is 0.128 e. The Morgan fingerprint density at radius 2 is 2.00 bits per heavy atom. The third kappa shape index (κ3) is 2.79. The van der Waals surface area contributed by atoms with E-state index >= 15 is 0 Å². The van der Waals surface area contributed by atoms with Gasteiger partial charge >= 0.3 is 0 Å². The average Bonchev–Trinajstić information content (AvgIpc) is 2.15. The van der Waals surface area contributed by atoms with E-state index in [0.717, 1.165) is 0 Å². The largest absolute Gasteiger partial charge is 0.396 e. The van der Waals surface area contributed by atoms with Gasteiger partial charge in [0.05, 0.1) is 6.10 Å². The molecular formula is C10H13FO2. The van der Waals surface area contributed by atoms with Crippen LogP contribution in [0.5, 0.6) is 0 Å². The molecule has 1 aromatic rings. The van der Waals surface area contributed by atoms with Crippen molar-refractivity contribution in [2.45, 2.75) is 18.9 Å². The minimum absolute atomic E-state index is 0.0194. The minimum Gasteiger partial charge on any atom is -0.396 e. The van der Waals surface area contributed by atoms with E-state index in [0.29, 0.717) is 18.4 Å². The fourth-order valence-corrected chi connectivity index (χ4v) is 1.19. The maximum atomic E-state index is 13.0. The van der Waals surface area contributed by atoms with E-state index in [9.17, 15) is 9.50 Å². The first-order valence-corrected chi connectivity index (χ1v) is 4.29. The van der Waals surface area contributed by atoms with E-state index in [1.165, 1.54) is 6.07 Å². The Hall–Kier alpha value is -0.930. The molecule has 0 spiro atoms. The van der Waals surface area contributed by atoms with Crippen LogP contribution in [0.2, 0.25) is 0 Å². The SMILES string of the molecule is OCCCC(O)c1ccccc1F. The predicted molar refractivity (Wildman–Crippen MR) is 47.7 cm³/mol. The van der Waals surface area contributed by atoms with Gasteiger partial charge in [0.25, 0.3) is 0 Å². The second-order valence-corrected chi connectivity index (χ2v) is 2.90. The maximum absolute atomic E-state index is 13.0. The number of aliphatic hydroxyl groups excluding tert-OH is 2. The van der Waals surface area contributed by atoms with Crippen molar-refractivity contribution in [2.75, 3.05) is 6.61 Å². The molecule has 0 bridgehead atoms. The molecule has 0 amide bonds. The van der Waals surface area contributed by atoms with Crippen LogP contribution in [0.1, 0.15) is 24.5 Å². The van der Waals surface area contributed by atoms with Crippen LogP contribution in [0.15, 0.2) is 24.3 Å². The first-order valence-electron chi connectivity index (χ1n) is 4.29. The quantitative estimate of drug-likeness (QED) is 0.746. The van der Waals surface area contributed by atoms with Crippen molar-refractivity contribution < 1.29 is 14.6 Å². The van der Waals surface area contributed by atoms with Crippen LogP contribution in [0.25, 0.3) is 0 Å². The highest BCUT2D eigenvalue weighted by Crippen LogP contribution is 2.20. The normalized spacial score (nSPS) is 12.8. The Morgan fingerprint density at radius 1 is 1.31 bits per heavy atom. The monoisotopic (exact) mass is 184 g/mol. The molecule has 72 valence electrons. The van der Waals surface area contributed by atoms with Crippen LogP contribution in [0.3, 0.4) is 0 Å². The third-order valence-corrected chi connectivity index (χ3v) is 1.90. The molecule has 2 N–H and O–H groups in total. The molecule has 0 aromatic heterocycles. The Bertz CT molecular complexity index is 263. The van der Waals surface area contributed by atoms with E-state index < -0.39 is 11.9 Å². The van der Waals surface area contributed by atoms with Gasteiger partial charge in [-0.3, -0.25) is 0 Å². The summed E-state index contributed by atoms with van der Waals surface area (Å²) in [6.45, 7) is 0.0194. The fraction of sp³-hybridized carbons (Fsp3) is 0.400. The predicted octanol–water partition coefficient (Wildman–Crippen LogP) is 1.63. The summed E-state index contributed by atoms with van der Waals surface area (Å²) < 4.78 is 13.0. The summed E-state index contributed by atoms with van der Waals surface area (Å²) in [4.78, 5) is 0. The molecule has 2 nitrogen and oxygen atoms in total. The zero-order valence-electron chi connectivity index (χ0n) is 7.28. The molecule has 0 aliphatic carbocycles. The van der Waals surface area contributed by atoms with Crippen LogP contribution in [0, 0.1) is 5.82 Å². The van der Waals surface area contributed by atoms with E-state index in [1.807, 2.05) is 0 Å². The summed E-state index contributed by atoms with van der Waals surface area (Å²) in [5.74, 6) is -0.395. The van der Waals surface area contributed by atoms with E-state index in [1.54, 1.807) is 18.2 Å². The van der Waals surface area contributed by atoms with Gasteiger partial charge in [0, 0.05) is 12.2 Å². The number of benzene rings is 1. The molecule has 1 rings (SSSR count). The van der Waals surface area contributed by atoms with Crippen molar-refractivity contribution in [1.82, 2.24) is 0 Å². The molecule has 0 saturated carbocycles. The highest BCUT2D eigenvalue weighted by atomic mass is 19.1. The van der Waals surface area contributed by atoms with Crippen molar-refractivity contribution >= 4 is 0 Å². The van der Waals surface area contributed by atoms with Gasteiger partial charge in [0.15, 0.2) is 0 Å². The first kappa shape index (κ1) is 10.2. The lowest BCUT2D eigenvalue weighted by molar-refractivity contribution is 0.148. The number of hydrogen-bond acceptors (Lipinski definition) is 2. The zero-order chi connectivity index (χ0) is 9.68. The van der Waals surface area contributed by atoms with Gasteiger partial charge in [-0.1, -0.05) is 18.2 Å². The lowest BCUT2D eigenvalue weighted by Crippen LogP contribution is -2.01. The summed E-state index contributed by atoms with van der Waals surface area (Å²) in [6, 6.07) is 6.13. The van der Waals surface area contributed by atoms with Gasteiger partial charge in [-0.15, -0.1) is 0 Å². The number of aliphatic hydroxyl groups is 2. The topological polar surface area (TPSA) is 40.5 Å². The second kappa shape index (κ2) is 4.94. The highest BCUT2D eigenvalue weighted by molar-refractivity contribution is 5.19. The Morgan fingerprint density at radius 3 is 2.62 bits per heavy atom. The fourth-order valence-electron chi connectivity index (χ4n) is 1.19. The minimum atomic E-state index is -0.812. The number of rotatable bonds is 4.